The van der Waals surface area contributed by atoms with Crippen molar-refractivity contribution in [3.63, 3.8) is 0 Å². The molecule has 0 spiro atoms. The molecule has 0 fully saturated rings. The number of carbonyl (C=O) groups excluding carboxylic acids is 3. The SMILES string of the molecule is O=C(OCCC(=S)C(=O)S)OCCC(=S)C(=O)S. The van der Waals surface area contributed by atoms with Gasteiger partial charge in [-0.15, -0.1) is 0 Å². The molecule has 0 N–H and O–H groups in total. The highest BCUT2D eigenvalue weighted by Gasteiger charge is 2.09. The second-order valence-electron chi connectivity index (χ2n) is 2.90. The fraction of sp³-hybridized carbons (Fsp3) is 0.444. The molecule has 0 aliphatic heterocycles. The van der Waals surface area contributed by atoms with Crippen molar-refractivity contribution in [3.05, 3.63) is 0 Å². The van der Waals surface area contributed by atoms with Gasteiger partial charge in [-0.2, -0.15) is 0 Å². The highest BCUT2D eigenvalue weighted by molar-refractivity contribution is 8.02. The molecular formula is C9H10O5S4. The molecule has 100 valence electrons. The molecule has 0 aromatic rings. The van der Waals surface area contributed by atoms with Gasteiger partial charge < -0.3 is 9.47 Å². The molecule has 5 nitrogen and oxygen atoms in total. The van der Waals surface area contributed by atoms with Crippen molar-refractivity contribution in [3.8, 4) is 0 Å². The van der Waals surface area contributed by atoms with Gasteiger partial charge in [0, 0.05) is 12.8 Å². The van der Waals surface area contributed by atoms with Crippen LogP contribution >= 0.6 is 49.7 Å². The maximum Gasteiger partial charge on any atom is 0.508 e. The average Bonchev–Trinajstić information content (AvgIpc) is 2.28. The molecule has 0 heterocycles. The first-order valence-corrected chi connectivity index (χ1v) is 6.37. The summed E-state index contributed by atoms with van der Waals surface area (Å²) in [4.78, 5) is 32.4. The minimum absolute atomic E-state index is 0.0695. The van der Waals surface area contributed by atoms with Crippen LogP contribution in [0.5, 0.6) is 0 Å². The van der Waals surface area contributed by atoms with Crippen LogP contribution < -0.4 is 0 Å². The minimum Gasteiger partial charge on any atom is -0.434 e. The van der Waals surface area contributed by atoms with Crippen molar-refractivity contribution in [2.75, 3.05) is 13.2 Å². The molecule has 0 aliphatic carbocycles. The van der Waals surface area contributed by atoms with E-state index in [0.717, 1.165) is 0 Å². The van der Waals surface area contributed by atoms with Crippen molar-refractivity contribution in [2.24, 2.45) is 0 Å². The van der Waals surface area contributed by atoms with E-state index in [1.165, 1.54) is 0 Å². The lowest BCUT2D eigenvalue weighted by molar-refractivity contribution is -0.106. The summed E-state index contributed by atoms with van der Waals surface area (Å²) >= 11 is 16.3. The summed E-state index contributed by atoms with van der Waals surface area (Å²) in [5.41, 5.74) is 0. The standard InChI is InChI=1S/C9H10O5S4/c10-7(17)5(15)1-3-13-9(12)14-4-2-6(16)8(11)18/h1-4H2,(H,10,17)(H,11,18). The number of rotatable bonds is 8. The summed E-state index contributed by atoms with van der Waals surface area (Å²) in [6, 6.07) is 0. The summed E-state index contributed by atoms with van der Waals surface area (Å²) in [6.07, 6.45) is -0.695. The Bertz CT molecular complexity index is 345. The third-order valence-corrected chi connectivity index (χ3v) is 3.20. The molecule has 0 aliphatic rings. The summed E-state index contributed by atoms with van der Waals surface area (Å²) < 4.78 is 9.25. The van der Waals surface area contributed by atoms with Gasteiger partial charge in [0.25, 0.3) is 0 Å². The van der Waals surface area contributed by atoms with Gasteiger partial charge in [0.05, 0.1) is 22.9 Å². The zero-order valence-electron chi connectivity index (χ0n) is 9.08. The van der Waals surface area contributed by atoms with E-state index in [9.17, 15) is 14.4 Å². The second-order valence-corrected chi connectivity index (χ2v) is 4.70. The Morgan fingerprint density at radius 1 is 0.833 bits per heavy atom. The zero-order chi connectivity index (χ0) is 14.1. The second kappa shape index (κ2) is 9.42. The third kappa shape index (κ3) is 8.56. The Morgan fingerprint density at radius 3 is 1.44 bits per heavy atom. The molecular weight excluding hydrogens is 316 g/mol. The van der Waals surface area contributed by atoms with Crippen LogP contribution in [0, 0.1) is 0 Å². The van der Waals surface area contributed by atoms with E-state index in [0.29, 0.717) is 0 Å². The van der Waals surface area contributed by atoms with Crippen LogP contribution in [-0.4, -0.2) is 39.3 Å². The van der Waals surface area contributed by atoms with E-state index in [2.05, 4.69) is 59.2 Å². The maximum absolute atomic E-state index is 11.0. The van der Waals surface area contributed by atoms with Gasteiger partial charge >= 0.3 is 6.16 Å². The van der Waals surface area contributed by atoms with Crippen molar-refractivity contribution < 1.29 is 23.9 Å². The Balaban J connectivity index is 3.67. The lowest BCUT2D eigenvalue weighted by atomic mass is 10.3. The molecule has 0 saturated heterocycles. The molecule has 0 saturated carbocycles. The Labute approximate surface area is 125 Å². The van der Waals surface area contributed by atoms with Crippen LogP contribution in [0.1, 0.15) is 12.8 Å². The lowest BCUT2D eigenvalue weighted by Gasteiger charge is -2.05. The van der Waals surface area contributed by atoms with Crippen LogP contribution in [0.3, 0.4) is 0 Å². The molecule has 0 bridgehead atoms. The number of thiol groups is 2. The van der Waals surface area contributed by atoms with Gasteiger partial charge in [-0.25, -0.2) is 4.79 Å². The molecule has 0 unspecified atom stereocenters. The van der Waals surface area contributed by atoms with Gasteiger partial charge in [0.1, 0.15) is 0 Å². The van der Waals surface area contributed by atoms with E-state index in [-0.39, 0.29) is 35.8 Å². The summed E-state index contributed by atoms with van der Waals surface area (Å²) in [6.45, 7) is -0.139. The maximum atomic E-state index is 11.0. The Kier molecular flexibility index (Phi) is 9.16. The van der Waals surface area contributed by atoms with Gasteiger partial charge in [0.2, 0.25) is 10.2 Å². The number of thiocarbonyl (C=S) groups is 2. The summed E-state index contributed by atoms with van der Waals surface area (Å²) in [5.74, 6) is 0. The molecule has 0 rings (SSSR count). The summed E-state index contributed by atoms with van der Waals surface area (Å²) in [5, 5.41) is -1.06. The van der Waals surface area contributed by atoms with E-state index in [1.807, 2.05) is 0 Å². The van der Waals surface area contributed by atoms with Gasteiger partial charge in [0.15, 0.2) is 0 Å². The van der Waals surface area contributed by atoms with Gasteiger partial charge in [-0.1, -0.05) is 49.7 Å². The molecule has 0 radical (unpaired) electrons. The quantitative estimate of drug-likeness (QED) is 0.399. The first kappa shape index (κ1) is 17.5. The van der Waals surface area contributed by atoms with E-state index < -0.39 is 16.4 Å². The monoisotopic (exact) mass is 326 g/mol. The highest BCUT2D eigenvalue weighted by atomic mass is 32.1. The average molecular weight is 326 g/mol. The molecule has 0 amide bonds. The predicted molar refractivity (Wildman–Crippen MR) is 79.7 cm³/mol. The smallest absolute Gasteiger partial charge is 0.434 e. The van der Waals surface area contributed by atoms with Gasteiger partial charge in [-0.3, -0.25) is 9.59 Å². The first-order valence-electron chi connectivity index (χ1n) is 4.66. The largest absolute Gasteiger partial charge is 0.508 e. The van der Waals surface area contributed by atoms with Crippen LogP contribution in [0.4, 0.5) is 4.79 Å². The lowest BCUT2D eigenvalue weighted by Crippen LogP contribution is -2.15. The zero-order valence-corrected chi connectivity index (χ0v) is 12.5. The number of hydrogen-bond acceptors (Lipinski definition) is 7. The Morgan fingerprint density at radius 2 is 1.17 bits per heavy atom. The van der Waals surface area contributed by atoms with E-state index >= 15 is 0 Å². The van der Waals surface area contributed by atoms with Crippen LogP contribution in [0.2, 0.25) is 0 Å². The fourth-order valence-corrected chi connectivity index (χ4v) is 1.10. The third-order valence-electron chi connectivity index (χ3n) is 1.58. The normalized spacial score (nSPS) is 9.44. The van der Waals surface area contributed by atoms with E-state index in [4.69, 9.17) is 0 Å². The van der Waals surface area contributed by atoms with Crippen molar-refractivity contribution in [2.45, 2.75) is 12.8 Å². The molecule has 18 heavy (non-hydrogen) atoms. The van der Waals surface area contributed by atoms with Gasteiger partial charge in [-0.05, 0) is 0 Å². The van der Waals surface area contributed by atoms with Crippen LogP contribution in [0.25, 0.3) is 0 Å². The van der Waals surface area contributed by atoms with Crippen molar-refractivity contribution in [1.82, 2.24) is 0 Å². The van der Waals surface area contributed by atoms with E-state index in [1.54, 1.807) is 0 Å². The topological polar surface area (TPSA) is 69.7 Å². The number of carbonyl (C=O) groups is 3. The molecule has 0 atom stereocenters. The molecule has 0 aromatic heterocycles. The number of ether oxygens (including phenoxy) is 2. The molecule has 9 heteroatoms. The fourth-order valence-electron chi connectivity index (χ4n) is 0.710. The number of hydrogen-bond donors (Lipinski definition) is 2. The van der Waals surface area contributed by atoms with Crippen molar-refractivity contribution >= 4 is 75.8 Å². The minimum atomic E-state index is -0.918. The van der Waals surface area contributed by atoms with Crippen LogP contribution in [-0.2, 0) is 19.1 Å². The Hall–Kier alpha value is -0.510. The first-order chi connectivity index (χ1) is 8.34. The van der Waals surface area contributed by atoms with Crippen LogP contribution in [0.15, 0.2) is 0 Å². The molecule has 0 aromatic carbocycles. The predicted octanol–water partition coefficient (Wildman–Crippen LogP) is 1.57. The highest BCUT2D eigenvalue weighted by Crippen LogP contribution is 1.98. The van der Waals surface area contributed by atoms with Crippen molar-refractivity contribution in [1.29, 1.82) is 0 Å². The summed E-state index contributed by atoms with van der Waals surface area (Å²) in [7, 11) is 0.